The SMILES string of the molecule is OCc1nnn(CC(O)CO)c1-c1ccc(F)c(F)c1. The Morgan fingerprint density at radius 3 is 2.55 bits per heavy atom. The van der Waals surface area contributed by atoms with Crippen LogP contribution < -0.4 is 0 Å². The van der Waals surface area contributed by atoms with Gasteiger partial charge >= 0.3 is 0 Å². The van der Waals surface area contributed by atoms with Crippen molar-refractivity contribution in [3.8, 4) is 11.3 Å². The molecule has 8 heteroatoms. The Morgan fingerprint density at radius 2 is 1.95 bits per heavy atom. The van der Waals surface area contributed by atoms with Crippen molar-refractivity contribution in [3.63, 3.8) is 0 Å². The number of hydrogen-bond donors (Lipinski definition) is 3. The molecule has 0 aliphatic carbocycles. The second-order valence-electron chi connectivity index (χ2n) is 4.19. The van der Waals surface area contributed by atoms with E-state index in [1.54, 1.807) is 0 Å². The highest BCUT2D eigenvalue weighted by Gasteiger charge is 2.17. The summed E-state index contributed by atoms with van der Waals surface area (Å²) in [7, 11) is 0. The van der Waals surface area contributed by atoms with Crippen LogP contribution >= 0.6 is 0 Å². The molecule has 2 rings (SSSR count). The molecule has 0 aliphatic heterocycles. The van der Waals surface area contributed by atoms with Crippen LogP contribution in [0.15, 0.2) is 18.2 Å². The number of aliphatic hydroxyl groups excluding tert-OH is 3. The van der Waals surface area contributed by atoms with Gasteiger partial charge in [0.25, 0.3) is 0 Å². The molecule has 1 atom stereocenters. The summed E-state index contributed by atoms with van der Waals surface area (Å²) in [5.41, 5.74) is 0.697. The molecule has 0 fully saturated rings. The molecule has 6 nitrogen and oxygen atoms in total. The van der Waals surface area contributed by atoms with Gasteiger partial charge in [-0.1, -0.05) is 5.21 Å². The van der Waals surface area contributed by atoms with E-state index >= 15 is 0 Å². The molecule has 3 N–H and O–H groups in total. The molecule has 108 valence electrons. The van der Waals surface area contributed by atoms with E-state index in [0.29, 0.717) is 0 Å². The zero-order chi connectivity index (χ0) is 14.7. The molecule has 2 aromatic rings. The van der Waals surface area contributed by atoms with Gasteiger partial charge in [-0.15, -0.1) is 5.10 Å². The van der Waals surface area contributed by atoms with Crippen LogP contribution in [0.3, 0.4) is 0 Å². The summed E-state index contributed by atoms with van der Waals surface area (Å²) >= 11 is 0. The van der Waals surface area contributed by atoms with Crippen molar-refractivity contribution in [2.24, 2.45) is 0 Å². The summed E-state index contributed by atoms with van der Waals surface area (Å²) in [6, 6.07) is 3.22. The lowest BCUT2D eigenvalue weighted by Crippen LogP contribution is -2.21. The van der Waals surface area contributed by atoms with Gasteiger partial charge in [0.2, 0.25) is 0 Å². The van der Waals surface area contributed by atoms with Crippen molar-refractivity contribution < 1.29 is 24.1 Å². The highest BCUT2D eigenvalue weighted by atomic mass is 19.2. The molecule has 0 radical (unpaired) electrons. The number of nitrogens with zero attached hydrogens (tertiary/aromatic N) is 3. The zero-order valence-electron chi connectivity index (χ0n) is 10.4. The van der Waals surface area contributed by atoms with Crippen molar-refractivity contribution in [2.45, 2.75) is 19.3 Å². The van der Waals surface area contributed by atoms with E-state index in [2.05, 4.69) is 10.3 Å². The Hall–Kier alpha value is -1.90. The highest BCUT2D eigenvalue weighted by Crippen LogP contribution is 2.24. The lowest BCUT2D eigenvalue weighted by molar-refractivity contribution is 0.0782. The summed E-state index contributed by atoms with van der Waals surface area (Å²) < 4.78 is 27.5. The normalized spacial score (nSPS) is 12.7. The van der Waals surface area contributed by atoms with Crippen LogP contribution in [-0.4, -0.2) is 43.0 Å². The van der Waals surface area contributed by atoms with Gasteiger partial charge in [0.05, 0.1) is 31.6 Å². The molecule has 0 saturated carbocycles. The smallest absolute Gasteiger partial charge is 0.159 e. The molecule has 0 saturated heterocycles. The van der Waals surface area contributed by atoms with Gasteiger partial charge in [-0.05, 0) is 18.2 Å². The Kier molecular flexibility index (Phi) is 4.38. The predicted octanol–water partition coefficient (Wildman–Crippen LogP) is 0.0688. The zero-order valence-corrected chi connectivity index (χ0v) is 10.4. The number of halogens is 2. The minimum absolute atomic E-state index is 0.0855. The first-order valence-corrected chi connectivity index (χ1v) is 5.84. The molecule has 1 unspecified atom stereocenters. The second-order valence-corrected chi connectivity index (χ2v) is 4.19. The number of benzene rings is 1. The van der Waals surface area contributed by atoms with Crippen molar-refractivity contribution in [1.29, 1.82) is 0 Å². The van der Waals surface area contributed by atoms with E-state index in [0.717, 1.165) is 12.1 Å². The molecule has 1 aromatic carbocycles. The average molecular weight is 285 g/mol. The van der Waals surface area contributed by atoms with Crippen molar-refractivity contribution in [2.75, 3.05) is 6.61 Å². The topological polar surface area (TPSA) is 91.4 Å². The van der Waals surface area contributed by atoms with Crippen LogP contribution in [-0.2, 0) is 13.2 Å². The number of aromatic nitrogens is 3. The van der Waals surface area contributed by atoms with Crippen LogP contribution in [0.25, 0.3) is 11.3 Å². The fraction of sp³-hybridized carbons (Fsp3) is 0.333. The highest BCUT2D eigenvalue weighted by molar-refractivity contribution is 5.61. The monoisotopic (exact) mass is 285 g/mol. The maximum Gasteiger partial charge on any atom is 0.159 e. The second kappa shape index (κ2) is 6.04. The largest absolute Gasteiger partial charge is 0.394 e. The average Bonchev–Trinajstić information content (AvgIpc) is 2.84. The van der Waals surface area contributed by atoms with Gasteiger partial charge in [-0.2, -0.15) is 0 Å². The number of aliphatic hydroxyl groups is 3. The van der Waals surface area contributed by atoms with Gasteiger partial charge < -0.3 is 15.3 Å². The minimum atomic E-state index is -1.08. The molecule has 1 aromatic heterocycles. The Bertz CT molecular complexity index is 604. The third-order valence-electron chi connectivity index (χ3n) is 2.74. The van der Waals surface area contributed by atoms with Crippen LogP contribution in [0.5, 0.6) is 0 Å². The van der Waals surface area contributed by atoms with E-state index in [1.807, 2.05) is 0 Å². The first-order chi connectivity index (χ1) is 9.56. The molecule has 0 aliphatic rings. The first-order valence-electron chi connectivity index (χ1n) is 5.84. The molecule has 0 spiro atoms. The van der Waals surface area contributed by atoms with Gasteiger partial charge in [-0.25, -0.2) is 13.5 Å². The molecule has 1 heterocycles. The molecule has 0 amide bonds. The first kappa shape index (κ1) is 14.5. The van der Waals surface area contributed by atoms with E-state index in [-0.39, 0.29) is 23.5 Å². The summed E-state index contributed by atoms with van der Waals surface area (Å²) in [6.07, 6.45) is -1.08. The molecule has 20 heavy (non-hydrogen) atoms. The standard InChI is InChI=1S/C12H13F2N3O3/c13-9-2-1-7(3-10(9)14)12-11(6-19)15-16-17(12)4-8(20)5-18/h1-3,8,18-20H,4-6H2. The van der Waals surface area contributed by atoms with Crippen LogP contribution in [0.2, 0.25) is 0 Å². The lowest BCUT2D eigenvalue weighted by Gasteiger charge is -2.11. The van der Waals surface area contributed by atoms with Crippen molar-refractivity contribution >= 4 is 0 Å². The Balaban J connectivity index is 2.47. The van der Waals surface area contributed by atoms with Gasteiger partial charge in [0, 0.05) is 5.56 Å². The van der Waals surface area contributed by atoms with Gasteiger partial charge in [0.15, 0.2) is 11.6 Å². The third-order valence-corrected chi connectivity index (χ3v) is 2.74. The Morgan fingerprint density at radius 1 is 1.20 bits per heavy atom. The maximum atomic E-state index is 13.3. The lowest BCUT2D eigenvalue weighted by atomic mass is 10.1. The van der Waals surface area contributed by atoms with Crippen molar-refractivity contribution in [1.82, 2.24) is 15.0 Å². The summed E-state index contributed by atoms with van der Waals surface area (Å²) in [5, 5.41) is 34.9. The fourth-order valence-corrected chi connectivity index (χ4v) is 1.80. The quantitative estimate of drug-likeness (QED) is 0.723. The molecular weight excluding hydrogens is 272 g/mol. The van der Waals surface area contributed by atoms with E-state index in [1.165, 1.54) is 10.7 Å². The van der Waals surface area contributed by atoms with Crippen LogP contribution in [0, 0.1) is 11.6 Å². The fourth-order valence-electron chi connectivity index (χ4n) is 1.80. The van der Waals surface area contributed by atoms with E-state index in [9.17, 15) is 19.0 Å². The third kappa shape index (κ3) is 2.82. The minimum Gasteiger partial charge on any atom is -0.394 e. The summed E-state index contributed by atoms with van der Waals surface area (Å²) in [5.74, 6) is -2.03. The van der Waals surface area contributed by atoms with Crippen LogP contribution in [0.4, 0.5) is 8.78 Å². The van der Waals surface area contributed by atoms with Gasteiger partial charge in [-0.3, -0.25) is 0 Å². The Labute approximate surface area is 112 Å². The molecule has 0 bridgehead atoms. The summed E-state index contributed by atoms with van der Waals surface area (Å²) in [4.78, 5) is 0. The van der Waals surface area contributed by atoms with Gasteiger partial charge in [0.1, 0.15) is 5.69 Å². The number of rotatable bonds is 5. The van der Waals surface area contributed by atoms with Crippen molar-refractivity contribution in [3.05, 3.63) is 35.5 Å². The maximum absolute atomic E-state index is 13.3. The number of hydrogen-bond acceptors (Lipinski definition) is 5. The van der Waals surface area contributed by atoms with Crippen LogP contribution in [0.1, 0.15) is 5.69 Å². The van der Waals surface area contributed by atoms with E-state index < -0.39 is 31.0 Å². The molecular formula is C12H13F2N3O3. The predicted molar refractivity (Wildman–Crippen MR) is 64.4 cm³/mol. The van der Waals surface area contributed by atoms with E-state index in [4.69, 9.17) is 5.11 Å². The summed E-state index contributed by atoms with van der Waals surface area (Å²) in [6.45, 7) is -1.01.